The van der Waals surface area contributed by atoms with Gasteiger partial charge in [0.15, 0.2) is 5.96 Å². The highest BCUT2D eigenvalue weighted by Gasteiger charge is 2.31. The predicted octanol–water partition coefficient (Wildman–Crippen LogP) is 3.89. The smallest absolute Gasteiger partial charge is 0.191 e. The molecule has 0 aliphatic heterocycles. The van der Waals surface area contributed by atoms with Gasteiger partial charge in [-0.15, -0.1) is 24.0 Å². The minimum atomic E-state index is -0.172. The van der Waals surface area contributed by atoms with E-state index in [0.717, 1.165) is 43.9 Å². The third-order valence-corrected chi connectivity index (χ3v) is 5.55. The Kier molecular flexibility index (Phi) is 12.1. The number of benzene rings is 1. The first-order chi connectivity index (χ1) is 13.5. The zero-order valence-electron chi connectivity index (χ0n) is 18.1. The van der Waals surface area contributed by atoms with E-state index in [9.17, 15) is 9.50 Å². The average molecular weight is 520 g/mol. The van der Waals surface area contributed by atoms with Crippen molar-refractivity contribution in [1.82, 2.24) is 15.5 Å². The first-order valence-corrected chi connectivity index (χ1v) is 10.5. The van der Waals surface area contributed by atoms with Crippen molar-refractivity contribution in [2.45, 2.75) is 58.5 Å². The maximum atomic E-state index is 14.0. The van der Waals surface area contributed by atoms with Gasteiger partial charge in [0, 0.05) is 31.8 Å². The van der Waals surface area contributed by atoms with E-state index in [2.05, 4.69) is 10.6 Å². The molecule has 0 heterocycles. The Labute approximate surface area is 192 Å². The Morgan fingerprint density at radius 2 is 1.93 bits per heavy atom. The minimum Gasteiger partial charge on any atom is -0.396 e. The zero-order chi connectivity index (χ0) is 20.4. The SMILES string of the molecule is CCNC(=NCc1ccc(F)c(CN(C)C)c1)NCC1(CCO)CCCCC1.I. The second-order valence-electron chi connectivity index (χ2n) is 8.25. The Hall–Kier alpha value is -0.930. The van der Waals surface area contributed by atoms with E-state index in [1.807, 2.05) is 32.0 Å². The number of hydrogen-bond donors (Lipinski definition) is 3. The molecule has 0 aromatic heterocycles. The van der Waals surface area contributed by atoms with Crippen LogP contribution in [0.1, 0.15) is 56.6 Å². The topological polar surface area (TPSA) is 59.9 Å². The Bertz CT molecular complexity index is 628. The van der Waals surface area contributed by atoms with Crippen LogP contribution in [0.15, 0.2) is 23.2 Å². The summed E-state index contributed by atoms with van der Waals surface area (Å²) in [6, 6.07) is 5.23. The second kappa shape index (κ2) is 13.4. The summed E-state index contributed by atoms with van der Waals surface area (Å²) in [4.78, 5) is 6.67. The maximum absolute atomic E-state index is 14.0. The van der Waals surface area contributed by atoms with E-state index in [1.165, 1.54) is 25.3 Å². The molecule has 166 valence electrons. The average Bonchev–Trinajstić information content (AvgIpc) is 2.67. The molecule has 0 saturated heterocycles. The van der Waals surface area contributed by atoms with Gasteiger partial charge in [0.1, 0.15) is 5.82 Å². The fraction of sp³-hybridized carbons (Fsp3) is 0.682. The molecule has 1 aromatic carbocycles. The van der Waals surface area contributed by atoms with Gasteiger partial charge in [0.25, 0.3) is 0 Å². The quantitative estimate of drug-likeness (QED) is 0.263. The molecule has 0 radical (unpaired) electrons. The Morgan fingerprint density at radius 1 is 1.21 bits per heavy atom. The Balaban J connectivity index is 0.00000420. The third kappa shape index (κ3) is 8.76. The molecular weight excluding hydrogens is 482 g/mol. The molecule has 0 atom stereocenters. The van der Waals surface area contributed by atoms with Crippen LogP contribution in [0.2, 0.25) is 0 Å². The van der Waals surface area contributed by atoms with Crippen LogP contribution in [0.4, 0.5) is 4.39 Å². The van der Waals surface area contributed by atoms with Gasteiger partial charge in [-0.3, -0.25) is 0 Å². The summed E-state index contributed by atoms with van der Waals surface area (Å²) in [7, 11) is 3.87. The number of halogens is 2. The number of guanidine groups is 1. The molecule has 0 unspecified atom stereocenters. The van der Waals surface area contributed by atoms with Gasteiger partial charge in [0.2, 0.25) is 0 Å². The molecule has 29 heavy (non-hydrogen) atoms. The molecule has 0 amide bonds. The lowest BCUT2D eigenvalue weighted by Crippen LogP contribution is -2.44. The van der Waals surface area contributed by atoms with E-state index in [0.29, 0.717) is 18.7 Å². The van der Waals surface area contributed by atoms with Crippen molar-refractivity contribution < 1.29 is 9.50 Å². The molecule has 1 aromatic rings. The summed E-state index contributed by atoms with van der Waals surface area (Å²) < 4.78 is 14.0. The summed E-state index contributed by atoms with van der Waals surface area (Å²) in [6.45, 7) is 4.98. The second-order valence-corrected chi connectivity index (χ2v) is 8.25. The lowest BCUT2D eigenvalue weighted by Gasteiger charge is -2.37. The molecule has 2 rings (SSSR count). The van der Waals surface area contributed by atoms with Crippen LogP contribution in [0, 0.1) is 11.2 Å². The largest absolute Gasteiger partial charge is 0.396 e. The van der Waals surface area contributed by atoms with Crippen LogP contribution >= 0.6 is 24.0 Å². The number of nitrogens with one attached hydrogen (secondary N) is 2. The van der Waals surface area contributed by atoms with Gasteiger partial charge in [-0.2, -0.15) is 0 Å². The number of rotatable bonds is 9. The van der Waals surface area contributed by atoms with Gasteiger partial charge < -0.3 is 20.6 Å². The molecule has 1 aliphatic rings. The Morgan fingerprint density at radius 3 is 2.55 bits per heavy atom. The van der Waals surface area contributed by atoms with Crippen molar-refractivity contribution in [2.24, 2.45) is 10.4 Å². The highest BCUT2D eigenvalue weighted by atomic mass is 127. The lowest BCUT2D eigenvalue weighted by molar-refractivity contribution is 0.131. The van der Waals surface area contributed by atoms with Crippen molar-refractivity contribution >= 4 is 29.9 Å². The van der Waals surface area contributed by atoms with E-state index in [1.54, 1.807) is 6.07 Å². The molecule has 7 heteroatoms. The highest BCUT2D eigenvalue weighted by Crippen LogP contribution is 2.38. The summed E-state index contributed by atoms with van der Waals surface area (Å²) in [5.74, 6) is 0.610. The van der Waals surface area contributed by atoms with Crippen molar-refractivity contribution in [3.8, 4) is 0 Å². The fourth-order valence-corrected chi connectivity index (χ4v) is 4.03. The van der Waals surface area contributed by atoms with Gasteiger partial charge in [-0.25, -0.2) is 9.38 Å². The van der Waals surface area contributed by atoms with E-state index in [-0.39, 0.29) is 41.8 Å². The monoisotopic (exact) mass is 520 g/mol. The lowest BCUT2D eigenvalue weighted by atomic mass is 9.72. The predicted molar refractivity (Wildman–Crippen MR) is 129 cm³/mol. The number of aliphatic hydroxyl groups excluding tert-OH is 1. The molecular formula is C22H38FIN4O. The van der Waals surface area contributed by atoms with Crippen molar-refractivity contribution in [2.75, 3.05) is 33.8 Å². The molecule has 5 nitrogen and oxygen atoms in total. The normalized spacial score (nSPS) is 16.4. The third-order valence-electron chi connectivity index (χ3n) is 5.55. The van der Waals surface area contributed by atoms with Crippen LogP contribution in [-0.4, -0.2) is 49.8 Å². The first-order valence-electron chi connectivity index (χ1n) is 10.5. The summed E-state index contributed by atoms with van der Waals surface area (Å²) >= 11 is 0. The number of aliphatic imine (C=N–C) groups is 1. The summed E-state index contributed by atoms with van der Waals surface area (Å²) in [5, 5.41) is 16.3. The molecule has 1 saturated carbocycles. The van der Waals surface area contributed by atoms with Crippen LogP contribution in [0.25, 0.3) is 0 Å². The van der Waals surface area contributed by atoms with Crippen LogP contribution in [0.5, 0.6) is 0 Å². The number of hydrogen-bond acceptors (Lipinski definition) is 3. The fourth-order valence-electron chi connectivity index (χ4n) is 4.03. The van der Waals surface area contributed by atoms with Gasteiger partial charge in [-0.1, -0.05) is 25.3 Å². The highest BCUT2D eigenvalue weighted by molar-refractivity contribution is 14.0. The molecule has 3 N–H and O–H groups in total. The van der Waals surface area contributed by atoms with Gasteiger partial charge >= 0.3 is 0 Å². The summed E-state index contributed by atoms with van der Waals surface area (Å²) in [6.07, 6.45) is 6.92. The van der Waals surface area contributed by atoms with E-state index in [4.69, 9.17) is 4.99 Å². The molecule has 1 aliphatic carbocycles. The number of aliphatic hydroxyl groups is 1. The minimum absolute atomic E-state index is 0. The van der Waals surface area contributed by atoms with Crippen LogP contribution in [-0.2, 0) is 13.1 Å². The van der Waals surface area contributed by atoms with Crippen molar-refractivity contribution in [1.29, 1.82) is 0 Å². The summed E-state index contributed by atoms with van der Waals surface area (Å²) in [5.41, 5.74) is 1.86. The molecule has 0 spiro atoms. The van der Waals surface area contributed by atoms with Crippen LogP contribution < -0.4 is 10.6 Å². The van der Waals surface area contributed by atoms with Gasteiger partial charge in [0.05, 0.1) is 6.54 Å². The van der Waals surface area contributed by atoms with Crippen molar-refractivity contribution in [3.05, 3.63) is 35.1 Å². The molecule has 0 bridgehead atoms. The van der Waals surface area contributed by atoms with E-state index >= 15 is 0 Å². The van der Waals surface area contributed by atoms with Gasteiger partial charge in [-0.05, 0) is 63.4 Å². The number of nitrogens with zero attached hydrogens (tertiary/aromatic N) is 2. The standard InChI is InChI=1S/C22H37FN4O.HI/c1-4-24-21(26-17-22(12-13-28)10-6-5-7-11-22)25-15-18-8-9-20(23)19(14-18)16-27(2)3;/h8-9,14,28H,4-7,10-13,15-17H2,1-3H3,(H2,24,25,26);1H. The van der Waals surface area contributed by atoms with Crippen molar-refractivity contribution in [3.63, 3.8) is 0 Å². The maximum Gasteiger partial charge on any atom is 0.191 e. The zero-order valence-corrected chi connectivity index (χ0v) is 20.5. The van der Waals surface area contributed by atoms with Crippen LogP contribution in [0.3, 0.4) is 0 Å². The first kappa shape index (κ1) is 26.1. The van der Waals surface area contributed by atoms with E-state index < -0.39 is 0 Å². The molecule has 1 fully saturated rings.